The van der Waals surface area contributed by atoms with Gasteiger partial charge in [-0.2, -0.15) is 0 Å². The second kappa shape index (κ2) is 67.3. The van der Waals surface area contributed by atoms with Crippen LogP contribution in [0.4, 0.5) is 0 Å². The third kappa shape index (κ3) is 61.9. The monoisotopic (exact) mass is 1290 g/mol. The summed E-state index contributed by atoms with van der Waals surface area (Å²) in [4.78, 5) is 71.2. The van der Waals surface area contributed by atoms with Crippen molar-refractivity contribution < 1.29 is 47.7 Å². The topological polar surface area (TPSA) is 144 Å². The summed E-state index contributed by atoms with van der Waals surface area (Å²) in [5.74, 6) is -2.40. The van der Waals surface area contributed by atoms with E-state index >= 15 is 0 Å². The van der Waals surface area contributed by atoms with E-state index in [1.165, 1.54) is 225 Å². The van der Waals surface area contributed by atoms with Gasteiger partial charge in [-0.15, -0.1) is 0 Å². The minimum absolute atomic E-state index is 0.0641. The van der Waals surface area contributed by atoms with Crippen molar-refractivity contribution >= 4 is 29.8 Å². The second-order valence-electron chi connectivity index (χ2n) is 28.7. The number of hydrogen-bond donors (Lipinski definition) is 1. The molecule has 0 aliphatic carbocycles. The SMILES string of the molecule is CCCCCCCCCCCCCC(=O)OCC(OC(=O)CCCCCCCCCCCCC)C(OC(=O)CCCCCCCCCCCCC)C(OC(=O)CCCCCCCCCCCCC)C(CNC(C)(C)C)OC(=O)CCCCCCCCCCCCC. The minimum Gasteiger partial charge on any atom is -0.462 e. The highest BCUT2D eigenvalue weighted by atomic mass is 16.6. The van der Waals surface area contributed by atoms with E-state index in [0.29, 0.717) is 32.1 Å². The summed E-state index contributed by atoms with van der Waals surface area (Å²) in [5.41, 5.74) is -0.448. The van der Waals surface area contributed by atoms with Crippen molar-refractivity contribution in [2.24, 2.45) is 0 Å². The van der Waals surface area contributed by atoms with Crippen molar-refractivity contribution in [2.75, 3.05) is 13.2 Å². The van der Waals surface area contributed by atoms with Crippen molar-refractivity contribution in [3.05, 3.63) is 0 Å². The molecule has 0 radical (unpaired) electrons. The molecule has 0 fully saturated rings. The predicted octanol–water partition coefficient (Wildman–Crippen LogP) is 24.1. The van der Waals surface area contributed by atoms with E-state index in [9.17, 15) is 24.0 Å². The fourth-order valence-electron chi connectivity index (χ4n) is 12.3. The molecule has 1 N–H and O–H groups in total. The van der Waals surface area contributed by atoms with E-state index in [1.807, 2.05) is 20.8 Å². The highest BCUT2D eigenvalue weighted by Crippen LogP contribution is 2.26. The molecule has 0 heterocycles. The molecule has 0 amide bonds. The van der Waals surface area contributed by atoms with Crippen molar-refractivity contribution in [1.82, 2.24) is 5.32 Å². The van der Waals surface area contributed by atoms with Gasteiger partial charge < -0.3 is 29.0 Å². The Hall–Kier alpha value is -2.69. The summed E-state index contributed by atoms with van der Waals surface area (Å²) in [6.45, 7) is 16.9. The zero-order chi connectivity index (χ0) is 66.8. The van der Waals surface area contributed by atoms with Crippen LogP contribution in [-0.4, -0.2) is 73.0 Å². The lowest BCUT2D eigenvalue weighted by Gasteiger charge is -2.37. The summed E-state index contributed by atoms with van der Waals surface area (Å²) in [5, 5.41) is 3.51. The molecule has 0 aliphatic rings. The predicted molar refractivity (Wildman–Crippen MR) is 384 cm³/mol. The number of esters is 5. The summed E-state index contributed by atoms with van der Waals surface area (Å²) < 4.78 is 32.1. The average Bonchev–Trinajstić information content (AvgIpc) is 1.72. The highest BCUT2D eigenvalue weighted by molar-refractivity contribution is 5.72. The zero-order valence-corrected chi connectivity index (χ0v) is 61.7. The first-order valence-corrected chi connectivity index (χ1v) is 40.0. The van der Waals surface area contributed by atoms with Gasteiger partial charge in [-0.05, 0) is 52.9 Å². The lowest BCUT2D eigenvalue weighted by Crippen LogP contribution is -2.57. The Morgan fingerprint density at radius 1 is 0.253 bits per heavy atom. The molecule has 0 aromatic rings. The van der Waals surface area contributed by atoms with E-state index in [0.717, 1.165) is 96.3 Å². The minimum atomic E-state index is -1.45. The molecular weight excluding hydrogens is 1130 g/mol. The van der Waals surface area contributed by atoms with Gasteiger partial charge in [0.25, 0.3) is 0 Å². The van der Waals surface area contributed by atoms with Crippen molar-refractivity contribution in [3.8, 4) is 0 Å². The van der Waals surface area contributed by atoms with Gasteiger partial charge in [-0.3, -0.25) is 24.0 Å². The molecule has 4 unspecified atom stereocenters. The van der Waals surface area contributed by atoms with Crippen LogP contribution in [0, 0.1) is 0 Å². The van der Waals surface area contributed by atoms with Gasteiger partial charge in [-0.25, -0.2) is 0 Å². The van der Waals surface area contributed by atoms with Crippen LogP contribution in [0.2, 0.25) is 0 Å². The number of ether oxygens (including phenoxy) is 5. The molecule has 0 saturated carbocycles. The Balaban J connectivity index is 7.05. The van der Waals surface area contributed by atoms with Gasteiger partial charge in [0.05, 0.1) is 0 Å². The Morgan fingerprint density at radius 2 is 0.440 bits per heavy atom. The van der Waals surface area contributed by atoms with Crippen molar-refractivity contribution in [3.63, 3.8) is 0 Å². The summed E-state index contributed by atoms with van der Waals surface area (Å²) in [6, 6.07) is 0. The summed E-state index contributed by atoms with van der Waals surface area (Å²) >= 11 is 0. The van der Waals surface area contributed by atoms with Crippen molar-refractivity contribution in [1.29, 1.82) is 0 Å². The van der Waals surface area contributed by atoms with E-state index < -0.39 is 66.4 Å². The Kier molecular flexibility index (Phi) is 65.3. The molecule has 0 rings (SSSR count). The average molecular weight is 1290 g/mol. The first kappa shape index (κ1) is 88.3. The van der Waals surface area contributed by atoms with E-state index in [-0.39, 0.29) is 38.6 Å². The fourth-order valence-corrected chi connectivity index (χ4v) is 12.3. The molecule has 538 valence electrons. The number of hydrogen-bond acceptors (Lipinski definition) is 11. The van der Waals surface area contributed by atoms with Crippen LogP contribution in [0.5, 0.6) is 0 Å². The lowest BCUT2D eigenvalue weighted by molar-refractivity contribution is -0.205. The number of unbranched alkanes of at least 4 members (excludes halogenated alkanes) is 50. The fraction of sp³-hybridized carbons (Fsp3) is 0.938. The highest BCUT2D eigenvalue weighted by Gasteiger charge is 2.45. The molecule has 0 aliphatic heterocycles. The van der Waals surface area contributed by atoms with Crippen LogP contribution in [0.15, 0.2) is 0 Å². The molecule has 4 atom stereocenters. The van der Waals surface area contributed by atoms with E-state index in [2.05, 4.69) is 39.9 Å². The molecule has 0 bridgehead atoms. The second-order valence-corrected chi connectivity index (χ2v) is 28.7. The standard InChI is InChI=1S/C80H153NO10/c1-9-14-19-24-29-34-39-44-49-54-59-64-73(82)87-70-72(89-75(84)66-61-56-51-46-41-36-31-26-21-16-11-3)79(91-77(86)68-63-58-53-48-43-38-33-28-23-18-13-5)78(90-76(85)67-62-57-52-47-42-37-32-27-22-17-12-4)71(69-81-80(6,7)8)88-74(83)65-60-55-50-45-40-35-30-25-20-15-10-2/h71-72,78-79,81H,9-70H2,1-8H3. The zero-order valence-electron chi connectivity index (χ0n) is 61.7. The number of rotatable bonds is 71. The van der Waals surface area contributed by atoms with E-state index in [1.54, 1.807) is 0 Å². The lowest BCUT2D eigenvalue weighted by atomic mass is 9.99. The third-order valence-corrected chi connectivity index (χ3v) is 18.3. The smallest absolute Gasteiger partial charge is 0.306 e. The first-order valence-electron chi connectivity index (χ1n) is 40.0. The van der Waals surface area contributed by atoms with Crippen LogP contribution >= 0.6 is 0 Å². The molecule has 0 aromatic heterocycles. The number of carbonyl (C=O) groups is 5. The molecule has 11 nitrogen and oxygen atoms in total. The number of carbonyl (C=O) groups excluding carboxylic acids is 5. The van der Waals surface area contributed by atoms with Crippen LogP contribution in [0.3, 0.4) is 0 Å². The maximum absolute atomic E-state index is 14.5. The molecule has 11 heteroatoms. The van der Waals surface area contributed by atoms with Gasteiger partial charge in [0.2, 0.25) is 0 Å². The molecule has 0 saturated heterocycles. The molecule has 0 aromatic carbocycles. The molecular formula is C80H153NO10. The quantitative estimate of drug-likeness (QED) is 0.0353. The van der Waals surface area contributed by atoms with Gasteiger partial charge in [-0.1, -0.05) is 356 Å². The maximum Gasteiger partial charge on any atom is 0.306 e. The van der Waals surface area contributed by atoms with Crippen molar-refractivity contribution in [2.45, 2.75) is 471 Å². The summed E-state index contributed by atoms with van der Waals surface area (Å²) in [7, 11) is 0. The Morgan fingerprint density at radius 3 is 0.670 bits per heavy atom. The van der Waals surface area contributed by atoms with Gasteiger partial charge in [0.15, 0.2) is 24.4 Å². The van der Waals surface area contributed by atoms with Crippen LogP contribution in [-0.2, 0) is 47.7 Å². The first-order chi connectivity index (χ1) is 44.3. The van der Waals surface area contributed by atoms with Crippen LogP contribution in [0.25, 0.3) is 0 Å². The largest absolute Gasteiger partial charge is 0.462 e. The van der Waals surface area contributed by atoms with Gasteiger partial charge in [0, 0.05) is 44.2 Å². The molecule has 0 spiro atoms. The van der Waals surface area contributed by atoms with Gasteiger partial charge >= 0.3 is 29.8 Å². The normalized spacial score (nSPS) is 13.0. The van der Waals surface area contributed by atoms with Crippen LogP contribution in [0.1, 0.15) is 441 Å². The van der Waals surface area contributed by atoms with Crippen LogP contribution < -0.4 is 5.32 Å². The Bertz CT molecular complexity index is 1610. The van der Waals surface area contributed by atoms with E-state index in [4.69, 9.17) is 23.7 Å². The van der Waals surface area contributed by atoms with Gasteiger partial charge in [0.1, 0.15) is 6.61 Å². The Labute approximate surface area is 563 Å². The summed E-state index contributed by atoms with van der Waals surface area (Å²) in [6.07, 6.45) is 58.0. The third-order valence-electron chi connectivity index (χ3n) is 18.3. The molecule has 91 heavy (non-hydrogen) atoms. The number of nitrogens with one attached hydrogen (secondary N) is 1. The maximum atomic E-state index is 14.5.